The Morgan fingerprint density at radius 1 is 1.47 bits per heavy atom. The van der Waals surface area contributed by atoms with Gasteiger partial charge in [-0.3, -0.25) is 4.79 Å². The molecule has 2 atom stereocenters. The van der Waals surface area contributed by atoms with Crippen molar-refractivity contribution in [2.75, 3.05) is 6.54 Å². The van der Waals surface area contributed by atoms with Gasteiger partial charge in [0.25, 0.3) is 0 Å². The molecule has 17 heavy (non-hydrogen) atoms. The van der Waals surface area contributed by atoms with Crippen molar-refractivity contribution in [1.29, 1.82) is 0 Å². The summed E-state index contributed by atoms with van der Waals surface area (Å²) in [5.41, 5.74) is 0. The van der Waals surface area contributed by atoms with Crippen LogP contribution in [-0.4, -0.2) is 34.5 Å². The zero-order valence-electron chi connectivity index (χ0n) is 10.6. The number of allylic oxidation sites excluding steroid dienone is 2. The van der Waals surface area contributed by atoms with Crippen molar-refractivity contribution in [3.8, 4) is 0 Å². The molecular formula is C13H21NO3. The molecule has 0 aliphatic heterocycles. The summed E-state index contributed by atoms with van der Waals surface area (Å²) in [6.45, 7) is 3.83. The molecule has 0 radical (unpaired) electrons. The van der Waals surface area contributed by atoms with E-state index in [1.54, 1.807) is 6.92 Å². The number of carboxylic acid groups (broad SMARTS) is 1. The summed E-state index contributed by atoms with van der Waals surface area (Å²) in [6.07, 6.45) is 7.71. The summed E-state index contributed by atoms with van der Waals surface area (Å²) in [5, 5.41) is 8.93. The van der Waals surface area contributed by atoms with E-state index in [4.69, 9.17) is 5.11 Å². The van der Waals surface area contributed by atoms with Crippen molar-refractivity contribution < 1.29 is 14.7 Å². The number of rotatable bonds is 5. The molecule has 0 saturated carbocycles. The first-order valence-electron chi connectivity index (χ1n) is 6.23. The van der Waals surface area contributed by atoms with Crippen molar-refractivity contribution >= 4 is 11.9 Å². The fourth-order valence-corrected chi connectivity index (χ4v) is 2.21. The van der Waals surface area contributed by atoms with Gasteiger partial charge in [0.1, 0.15) is 6.04 Å². The maximum absolute atomic E-state index is 12.0. The minimum Gasteiger partial charge on any atom is -0.480 e. The van der Waals surface area contributed by atoms with Crippen LogP contribution in [0.4, 0.5) is 0 Å². The summed E-state index contributed by atoms with van der Waals surface area (Å²) in [7, 11) is 0. The second kappa shape index (κ2) is 6.42. The Hall–Kier alpha value is -1.32. The first kappa shape index (κ1) is 13.7. The fraction of sp³-hybridized carbons (Fsp3) is 0.692. The van der Waals surface area contributed by atoms with Gasteiger partial charge in [0, 0.05) is 13.0 Å². The van der Waals surface area contributed by atoms with Crippen LogP contribution in [0.2, 0.25) is 0 Å². The molecule has 0 heterocycles. The summed E-state index contributed by atoms with van der Waals surface area (Å²) < 4.78 is 0. The van der Waals surface area contributed by atoms with Crippen LogP contribution in [0.15, 0.2) is 12.2 Å². The Kier molecular flexibility index (Phi) is 5.19. The Morgan fingerprint density at radius 3 is 2.65 bits per heavy atom. The van der Waals surface area contributed by atoms with E-state index in [1.165, 1.54) is 4.90 Å². The number of hydrogen-bond acceptors (Lipinski definition) is 2. The molecule has 1 aliphatic rings. The highest BCUT2D eigenvalue weighted by atomic mass is 16.4. The van der Waals surface area contributed by atoms with Crippen molar-refractivity contribution in [3.05, 3.63) is 12.2 Å². The number of carbonyl (C=O) groups excluding carboxylic acids is 1. The van der Waals surface area contributed by atoms with E-state index in [2.05, 4.69) is 12.2 Å². The largest absolute Gasteiger partial charge is 0.480 e. The number of aliphatic carboxylic acids is 1. The van der Waals surface area contributed by atoms with Crippen molar-refractivity contribution in [2.24, 2.45) is 5.92 Å². The summed E-state index contributed by atoms with van der Waals surface area (Å²) >= 11 is 0. The first-order chi connectivity index (χ1) is 8.06. The Balaban J connectivity index is 2.54. The normalized spacial score (nSPS) is 20.9. The molecule has 0 spiro atoms. The molecule has 1 aliphatic carbocycles. The second-order valence-electron chi connectivity index (χ2n) is 4.55. The minimum atomic E-state index is -0.941. The van der Waals surface area contributed by atoms with Gasteiger partial charge in [-0.1, -0.05) is 12.2 Å². The minimum absolute atomic E-state index is 0.0392. The zero-order valence-corrected chi connectivity index (χ0v) is 10.6. The molecule has 0 bridgehead atoms. The number of likely N-dealkylation sites (N-methyl/N-ethyl adjacent to an activating group) is 1. The van der Waals surface area contributed by atoms with Gasteiger partial charge in [0.2, 0.25) is 5.91 Å². The average molecular weight is 239 g/mol. The van der Waals surface area contributed by atoms with Crippen molar-refractivity contribution in [3.63, 3.8) is 0 Å². The molecule has 2 unspecified atom stereocenters. The fourth-order valence-electron chi connectivity index (χ4n) is 2.21. The number of carbonyl (C=O) groups is 2. The third-order valence-electron chi connectivity index (χ3n) is 3.33. The summed E-state index contributed by atoms with van der Waals surface area (Å²) in [4.78, 5) is 24.4. The standard InChI is InChI=1S/C13H21NO3/c1-3-14(10(2)13(16)17)12(15)9-11-7-5-4-6-8-11/h4-5,10-11H,3,6-9H2,1-2H3,(H,16,17). The van der Waals surface area contributed by atoms with E-state index < -0.39 is 12.0 Å². The topological polar surface area (TPSA) is 57.6 Å². The highest BCUT2D eigenvalue weighted by molar-refractivity contribution is 5.83. The van der Waals surface area contributed by atoms with E-state index in [1.807, 2.05) is 6.92 Å². The summed E-state index contributed by atoms with van der Waals surface area (Å²) in [5.74, 6) is -0.603. The molecule has 0 aromatic heterocycles. The zero-order chi connectivity index (χ0) is 12.8. The van der Waals surface area contributed by atoms with Gasteiger partial charge in [-0.2, -0.15) is 0 Å². The molecule has 0 aromatic rings. The molecule has 0 fully saturated rings. The lowest BCUT2D eigenvalue weighted by Gasteiger charge is -2.27. The van der Waals surface area contributed by atoms with Gasteiger partial charge in [0.15, 0.2) is 0 Å². The monoisotopic (exact) mass is 239 g/mol. The van der Waals surface area contributed by atoms with Crippen LogP contribution in [0.5, 0.6) is 0 Å². The second-order valence-corrected chi connectivity index (χ2v) is 4.55. The molecule has 1 N–H and O–H groups in total. The van der Waals surface area contributed by atoms with Crippen LogP contribution < -0.4 is 0 Å². The van der Waals surface area contributed by atoms with Crippen LogP contribution in [0.25, 0.3) is 0 Å². The third-order valence-corrected chi connectivity index (χ3v) is 3.33. The highest BCUT2D eigenvalue weighted by Gasteiger charge is 2.25. The predicted octanol–water partition coefficient (Wildman–Crippen LogP) is 2.05. The van der Waals surface area contributed by atoms with E-state index in [-0.39, 0.29) is 5.91 Å². The van der Waals surface area contributed by atoms with Gasteiger partial charge >= 0.3 is 5.97 Å². The van der Waals surface area contributed by atoms with Gasteiger partial charge in [-0.05, 0) is 39.0 Å². The van der Waals surface area contributed by atoms with Crippen molar-refractivity contribution in [1.82, 2.24) is 4.90 Å². The van der Waals surface area contributed by atoms with Gasteiger partial charge in [-0.15, -0.1) is 0 Å². The molecule has 1 amide bonds. The smallest absolute Gasteiger partial charge is 0.326 e. The molecule has 4 heteroatoms. The molecule has 0 aromatic carbocycles. The SMILES string of the molecule is CCN(C(=O)CC1CC=CCC1)C(C)C(=O)O. The van der Waals surface area contributed by atoms with Gasteiger partial charge < -0.3 is 10.0 Å². The van der Waals surface area contributed by atoms with E-state index >= 15 is 0 Å². The first-order valence-corrected chi connectivity index (χ1v) is 6.23. The molecular weight excluding hydrogens is 218 g/mol. The van der Waals surface area contributed by atoms with Gasteiger partial charge in [0.05, 0.1) is 0 Å². The van der Waals surface area contributed by atoms with Crippen LogP contribution >= 0.6 is 0 Å². The van der Waals surface area contributed by atoms with E-state index in [9.17, 15) is 9.59 Å². The Labute approximate surface area is 102 Å². The maximum atomic E-state index is 12.0. The Bertz CT molecular complexity index is 312. The predicted molar refractivity (Wildman–Crippen MR) is 65.6 cm³/mol. The van der Waals surface area contributed by atoms with Gasteiger partial charge in [-0.25, -0.2) is 4.79 Å². The lowest BCUT2D eigenvalue weighted by atomic mass is 9.91. The molecule has 4 nitrogen and oxygen atoms in total. The summed E-state index contributed by atoms with van der Waals surface area (Å²) in [6, 6.07) is -0.730. The molecule has 96 valence electrons. The van der Waals surface area contributed by atoms with E-state index in [0.29, 0.717) is 18.9 Å². The van der Waals surface area contributed by atoms with E-state index in [0.717, 1.165) is 19.3 Å². The lowest BCUT2D eigenvalue weighted by Crippen LogP contribution is -2.43. The molecule has 0 saturated heterocycles. The third kappa shape index (κ3) is 3.88. The quantitative estimate of drug-likeness (QED) is 0.747. The van der Waals surface area contributed by atoms with Crippen molar-refractivity contribution in [2.45, 2.75) is 45.6 Å². The average Bonchev–Trinajstić information content (AvgIpc) is 2.30. The number of nitrogens with zero attached hydrogens (tertiary/aromatic N) is 1. The van der Waals surface area contributed by atoms with Crippen LogP contribution in [-0.2, 0) is 9.59 Å². The van der Waals surface area contributed by atoms with Crippen LogP contribution in [0, 0.1) is 5.92 Å². The number of hydrogen-bond donors (Lipinski definition) is 1. The Morgan fingerprint density at radius 2 is 2.18 bits per heavy atom. The number of carboxylic acids is 1. The van der Waals surface area contributed by atoms with Crippen LogP contribution in [0.1, 0.15) is 39.5 Å². The molecule has 1 rings (SSSR count). The highest BCUT2D eigenvalue weighted by Crippen LogP contribution is 2.22. The number of amides is 1. The van der Waals surface area contributed by atoms with Crippen LogP contribution in [0.3, 0.4) is 0 Å². The lowest BCUT2D eigenvalue weighted by molar-refractivity contribution is -0.149. The maximum Gasteiger partial charge on any atom is 0.326 e.